The summed E-state index contributed by atoms with van der Waals surface area (Å²) in [5.74, 6) is -0.350. The summed E-state index contributed by atoms with van der Waals surface area (Å²) in [5.41, 5.74) is 2.63. The molecule has 0 unspecified atom stereocenters. The van der Waals surface area contributed by atoms with Crippen LogP contribution in [0.3, 0.4) is 0 Å². The summed E-state index contributed by atoms with van der Waals surface area (Å²) in [6, 6.07) is 11.7. The minimum Gasteiger partial charge on any atom is -0.481 e. The maximum Gasteiger partial charge on any atom is 0.300 e. The first-order chi connectivity index (χ1) is 24.7. The van der Waals surface area contributed by atoms with Gasteiger partial charge in [-0.25, -0.2) is 15.0 Å². The second-order valence-electron chi connectivity index (χ2n) is 12.6. The Morgan fingerprint density at radius 3 is 2.67 bits per heavy atom. The Kier molecular flexibility index (Phi) is 11.0. The van der Waals surface area contributed by atoms with Crippen molar-refractivity contribution in [1.82, 2.24) is 35.5 Å². The molecule has 4 heterocycles. The third-order valence-electron chi connectivity index (χ3n) is 8.60. The largest absolute Gasteiger partial charge is 0.481 e. The van der Waals surface area contributed by atoms with Crippen molar-refractivity contribution in [3.05, 3.63) is 71.8 Å². The van der Waals surface area contributed by atoms with E-state index in [9.17, 15) is 14.4 Å². The molecule has 2 fully saturated rings. The summed E-state index contributed by atoms with van der Waals surface area (Å²) in [4.78, 5) is 69.5. The van der Waals surface area contributed by atoms with Gasteiger partial charge in [-0.1, -0.05) is 12.1 Å². The third kappa shape index (κ3) is 8.95. The molecule has 0 spiro atoms. The number of aliphatic hydroxyl groups is 1. The Hall–Kier alpha value is -5.61. The highest BCUT2D eigenvalue weighted by Gasteiger charge is 2.37. The molecular formula is C35H40N8O8. The van der Waals surface area contributed by atoms with Gasteiger partial charge in [-0.3, -0.25) is 19.2 Å². The van der Waals surface area contributed by atoms with Gasteiger partial charge in [0.05, 0.1) is 25.1 Å². The zero-order valence-electron chi connectivity index (χ0n) is 28.1. The van der Waals surface area contributed by atoms with Crippen LogP contribution in [-0.4, -0.2) is 110 Å². The zero-order valence-corrected chi connectivity index (χ0v) is 28.1. The smallest absolute Gasteiger partial charge is 0.300 e. The fourth-order valence-corrected chi connectivity index (χ4v) is 6.11. The molecule has 16 nitrogen and oxygen atoms in total. The molecule has 0 radical (unpaired) electrons. The Morgan fingerprint density at radius 2 is 1.88 bits per heavy atom. The van der Waals surface area contributed by atoms with Crippen molar-refractivity contribution in [1.29, 1.82) is 0 Å². The number of carbonyl (C=O) groups excluding carboxylic acids is 3. The number of nitrogens with zero attached hydrogens (tertiary/aromatic N) is 5. The van der Waals surface area contributed by atoms with E-state index in [2.05, 4.69) is 35.5 Å². The number of aliphatic hydroxyl groups excluding tert-OH is 1. The van der Waals surface area contributed by atoms with Gasteiger partial charge in [0, 0.05) is 50.3 Å². The summed E-state index contributed by atoms with van der Waals surface area (Å²) in [5, 5.41) is 22.5. The summed E-state index contributed by atoms with van der Waals surface area (Å²) >= 11 is 0. The van der Waals surface area contributed by atoms with Crippen LogP contribution >= 0.6 is 0 Å². The van der Waals surface area contributed by atoms with E-state index in [-0.39, 0.29) is 61.4 Å². The average molecular weight is 701 g/mol. The predicted octanol–water partition coefficient (Wildman–Crippen LogP) is 2.25. The summed E-state index contributed by atoms with van der Waals surface area (Å²) in [6.07, 6.45) is 5.36. The molecule has 3 amide bonds. The monoisotopic (exact) mass is 700 g/mol. The first-order valence-corrected chi connectivity index (χ1v) is 16.8. The number of hydrogen-bond acceptors (Lipinski definition) is 11. The molecular weight excluding hydrogens is 660 g/mol. The van der Waals surface area contributed by atoms with Crippen molar-refractivity contribution >= 4 is 40.7 Å². The topological polar surface area (TPSA) is 212 Å². The van der Waals surface area contributed by atoms with Gasteiger partial charge >= 0.3 is 0 Å². The molecule has 4 bridgehead atoms. The van der Waals surface area contributed by atoms with E-state index in [0.717, 1.165) is 30.8 Å². The molecule has 51 heavy (non-hydrogen) atoms. The van der Waals surface area contributed by atoms with Crippen LogP contribution in [0.2, 0.25) is 0 Å². The normalized spacial score (nSPS) is 19.3. The van der Waals surface area contributed by atoms with Crippen molar-refractivity contribution in [2.24, 2.45) is 0 Å². The van der Waals surface area contributed by atoms with Crippen LogP contribution in [0.4, 0.5) is 5.82 Å². The number of amides is 3. The second-order valence-corrected chi connectivity index (χ2v) is 12.6. The molecule has 4 aromatic rings. The molecule has 7 rings (SSSR count). The lowest BCUT2D eigenvalue weighted by Crippen LogP contribution is -2.57. The lowest BCUT2D eigenvalue weighted by molar-refractivity contribution is -0.134. The number of ether oxygens (including phenoxy) is 2. The first kappa shape index (κ1) is 35.2. The molecule has 1 saturated heterocycles. The van der Waals surface area contributed by atoms with Gasteiger partial charge in [0.15, 0.2) is 11.5 Å². The number of imidazole rings is 1. The highest BCUT2D eigenvalue weighted by atomic mass is 16.5. The number of carboxylic acid groups (broad SMARTS) is 1. The van der Waals surface area contributed by atoms with Gasteiger partial charge in [-0.2, -0.15) is 0 Å². The van der Waals surface area contributed by atoms with Crippen molar-refractivity contribution in [3.63, 3.8) is 0 Å². The van der Waals surface area contributed by atoms with E-state index < -0.39 is 17.9 Å². The fourth-order valence-electron chi connectivity index (χ4n) is 6.11. The van der Waals surface area contributed by atoms with Crippen LogP contribution in [0.1, 0.15) is 58.9 Å². The van der Waals surface area contributed by atoms with Crippen molar-refractivity contribution in [2.45, 2.75) is 57.4 Å². The van der Waals surface area contributed by atoms with Gasteiger partial charge in [0.25, 0.3) is 17.8 Å². The number of aliphatic carboxylic acids is 1. The van der Waals surface area contributed by atoms with Crippen molar-refractivity contribution < 1.29 is 38.9 Å². The Balaban J connectivity index is 0.00000107. The van der Waals surface area contributed by atoms with Crippen molar-refractivity contribution in [2.75, 3.05) is 37.7 Å². The van der Waals surface area contributed by atoms with Crippen LogP contribution < -0.4 is 20.3 Å². The molecule has 2 aromatic carbocycles. The van der Waals surface area contributed by atoms with Gasteiger partial charge < -0.3 is 45.1 Å². The number of fused-ring (bicyclic) bond motifs is 6. The lowest BCUT2D eigenvalue weighted by atomic mass is 10.0. The number of H-pyrrole nitrogens is 1. The van der Waals surface area contributed by atoms with Gasteiger partial charge in [0.1, 0.15) is 29.9 Å². The maximum atomic E-state index is 14.0. The number of aromatic nitrogens is 4. The van der Waals surface area contributed by atoms with Crippen molar-refractivity contribution in [3.8, 4) is 11.5 Å². The Labute approximate surface area is 293 Å². The molecule has 1 saturated carbocycles. The second kappa shape index (κ2) is 15.9. The van der Waals surface area contributed by atoms with Crippen LogP contribution in [0.15, 0.2) is 55.1 Å². The van der Waals surface area contributed by atoms with E-state index in [1.807, 2.05) is 18.2 Å². The quantitative estimate of drug-likeness (QED) is 0.183. The minimum atomic E-state index is -0.833. The van der Waals surface area contributed by atoms with E-state index in [4.69, 9.17) is 24.5 Å². The Morgan fingerprint density at radius 1 is 1.06 bits per heavy atom. The summed E-state index contributed by atoms with van der Waals surface area (Å²) in [7, 11) is 0. The number of aromatic amines is 1. The van der Waals surface area contributed by atoms with E-state index in [1.165, 1.54) is 12.4 Å². The van der Waals surface area contributed by atoms with Crippen LogP contribution in [0.5, 0.6) is 11.5 Å². The number of carbonyl (C=O) groups is 4. The fraction of sp³-hybridized carbons (Fsp3) is 0.400. The molecule has 3 aliphatic rings. The molecule has 1 aliphatic carbocycles. The molecule has 2 aliphatic heterocycles. The lowest BCUT2D eigenvalue weighted by Gasteiger charge is -2.39. The number of anilines is 1. The Bertz CT molecular complexity index is 1890. The first-order valence-electron chi connectivity index (χ1n) is 16.8. The number of benzene rings is 2. The maximum absolute atomic E-state index is 14.0. The number of rotatable bonds is 6. The van der Waals surface area contributed by atoms with Crippen LogP contribution in [0, 0.1) is 0 Å². The minimum absolute atomic E-state index is 0.0555. The zero-order chi connectivity index (χ0) is 35.9. The molecule has 2 atom stereocenters. The van der Waals surface area contributed by atoms with E-state index >= 15 is 0 Å². The third-order valence-corrected chi connectivity index (χ3v) is 8.60. The number of nitrogens with one attached hydrogen (secondary N) is 3. The van der Waals surface area contributed by atoms with E-state index in [0.29, 0.717) is 48.9 Å². The van der Waals surface area contributed by atoms with Gasteiger partial charge in [0.2, 0.25) is 5.91 Å². The molecule has 5 N–H and O–H groups in total. The highest BCUT2D eigenvalue weighted by Crippen LogP contribution is 2.32. The van der Waals surface area contributed by atoms with Gasteiger partial charge in [-0.15, -0.1) is 0 Å². The average Bonchev–Trinajstić information content (AvgIpc) is 3.84. The number of hydrogen-bond donors (Lipinski definition) is 5. The number of carboxylic acids is 1. The molecule has 16 heteroatoms. The van der Waals surface area contributed by atoms with Crippen LogP contribution in [0.25, 0.3) is 11.2 Å². The standard InChI is InChI=1S/C33H36N8O6.C2H4O2/c42-10-2-8-34-32(44)21-12-22-14-25(13-21)47-24-4-1-3-20(11-24)17-46-27-7-9-40(31-29-30(36-18-35-29)37-19-38-31)15-26(27)39-28(43)16-41(33(22)45)23-5-6-23;1-2(3)4/h1,3-4,11-14,18-19,23,26-27,42H,2,5-10,15-17H2,(H,34,44)(H,39,43)(H,35,36,37,38);1H3,(H,3,4)/t26-,27+;/m1./s1. The predicted molar refractivity (Wildman–Crippen MR) is 183 cm³/mol. The SMILES string of the molecule is CC(=O)O.O=C1CN(C2CC2)C(=O)c2cc(cc(C(=O)NCCCO)c2)Oc2cccc(c2)CO[C@H]2CCN(c3ncnc4nc[nH]c34)C[C@H]2N1. The van der Waals surface area contributed by atoms with Gasteiger partial charge in [-0.05, 0) is 61.6 Å². The summed E-state index contributed by atoms with van der Waals surface area (Å²) in [6.45, 7) is 2.52. The van der Waals surface area contributed by atoms with E-state index in [1.54, 1.807) is 29.4 Å². The summed E-state index contributed by atoms with van der Waals surface area (Å²) < 4.78 is 12.6. The number of piperidine rings is 1. The highest BCUT2D eigenvalue weighted by molar-refractivity contribution is 6.01. The van der Waals surface area contributed by atoms with Crippen LogP contribution in [-0.2, 0) is 20.9 Å². The molecule has 2 aromatic heterocycles. The molecule has 268 valence electrons.